The molecule has 0 spiro atoms. The van der Waals surface area contributed by atoms with Crippen LogP contribution in [0.5, 0.6) is 0 Å². The molecule has 1 unspecified atom stereocenters. The molecule has 0 saturated heterocycles. The molecule has 4 N–H and O–H groups in total. The highest BCUT2D eigenvalue weighted by Crippen LogP contribution is 2.37. The van der Waals surface area contributed by atoms with E-state index in [4.69, 9.17) is 17.3 Å². The number of rotatable bonds is 6. The lowest BCUT2D eigenvalue weighted by Gasteiger charge is -2.34. The number of amides is 2. The fraction of sp³-hybridized carbons (Fsp3) is 0.467. The number of nitrogens with two attached hydrogens (primary N) is 1. The Hall–Kier alpha value is -1.30. The number of halogens is 2. The van der Waals surface area contributed by atoms with Crippen LogP contribution in [-0.4, -0.2) is 24.9 Å². The van der Waals surface area contributed by atoms with Gasteiger partial charge in [0.25, 0.3) is 0 Å². The van der Waals surface area contributed by atoms with Gasteiger partial charge in [-0.25, -0.2) is 0 Å². The summed E-state index contributed by atoms with van der Waals surface area (Å²) in [4.78, 5) is 23.0. The molecular formula is C15H21Cl2N3O2. The maximum atomic E-state index is 12.0. The summed E-state index contributed by atoms with van der Waals surface area (Å²) >= 11 is 5.90. The van der Waals surface area contributed by atoms with Crippen LogP contribution in [0.4, 0.5) is 0 Å². The van der Waals surface area contributed by atoms with Gasteiger partial charge in [-0.15, -0.1) is 12.4 Å². The summed E-state index contributed by atoms with van der Waals surface area (Å²) in [6.07, 6.45) is 3.39. The Morgan fingerprint density at radius 1 is 1.23 bits per heavy atom. The monoisotopic (exact) mass is 345 g/mol. The number of carbonyl (C=O) groups excluding carboxylic acids is 2. The zero-order chi connectivity index (χ0) is 15.2. The van der Waals surface area contributed by atoms with Crippen LogP contribution in [0.1, 0.15) is 30.9 Å². The smallest absolute Gasteiger partial charge is 0.239 e. The maximum Gasteiger partial charge on any atom is 0.239 e. The number of nitrogens with one attached hydrogen (secondary N) is 2. The van der Waals surface area contributed by atoms with Gasteiger partial charge in [0, 0.05) is 5.02 Å². The molecule has 1 aliphatic rings. The van der Waals surface area contributed by atoms with Crippen molar-refractivity contribution in [3.63, 3.8) is 0 Å². The zero-order valence-electron chi connectivity index (χ0n) is 12.2. The van der Waals surface area contributed by atoms with E-state index < -0.39 is 0 Å². The van der Waals surface area contributed by atoms with Gasteiger partial charge in [-0.3, -0.25) is 9.59 Å². The van der Waals surface area contributed by atoms with Crippen LogP contribution < -0.4 is 16.4 Å². The highest BCUT2D eigenvalue weighted by Gasteiger charge is 2.29. The van der Waals surface area contributed by atoms with E-state index in [9.17, 15) is 9.59 Å². The first-order valence-corrected chi connectivity index (χ1v) is 7.49. The lowest BCUT2D eigenvalue weighted by molar-refractivity contribution is -0.126. The first kappa shape index (κ1) is 18.7. The number of hydrogen-bond acceptors (Lipinski definition) is 3. The molecule has 1 aromatic rings. The largest absolute Gasteiger partial charge is 0.347 e. The Morgan fingerprint density at radius 2 is 1.86 bits per heavy atom. The van der Waals surface area contributed by atoms with E-state index in [0.29, 0.717) is 10.9 Å². The summed E-state index contributed by atoms with van der Waals surface area (Å²) in [7, 11) is 0. The molecule has 1 fully saturated rings. The number of carbonyl (C=O) groups is 2. The first-order valence-electron chi connectivity index (χ1n) is 7.11. The van der Waals surface area contributed by atoms with Gasteiger partial charge in [0.1, 0.15) is 0 Å². The first-order chi connectivity index (χ1) is 10.1. The maximum absolute atomic E-state index is 12.0. The standard InChI is InChI=1S/C15H20ClN3O2.ClH/c16-12-6-4-11(5-7-12)15(10-2-1-3-10)19-14(21)9-18-13(20)8-17;/h4-7,10,15H,1-3,8-9,17H2,(H,18,20)(H,19,21);1H. The second-order valence-corrected chi connectivity index (χ2v) is 5.71. The Morgan fingerprint density at radius 3 is 2.36 bits per heavy atom. The van der Waals surface area contributed by atoms with Crippen molar-refractivity contribution in [2.24, 2.45) is 11.7 Å². The summed E-state index contributed by atoms with van der Waals surface area (Å²) in [6, 6.07) is 7.49. The molecular weight excluding hydrogens is 325 g/mol. The van der Waals surface area contributed by atoms with Gasteiger partial charge >= 0.3 is 0 Å². The Labute approximate surface area is 141 Å². The molecule has 5 nitrogen and oxygen atoms in total. The van der Waals surface area contributed by atoms with Crippen LogP contribution in [0, 0.1) is 5.92 Å². The Balaban J connectivity index is 0.00000242. The van der Waals surface area contributed by atoms with E-state index in [-0.39, 0.29) is 43.4 Å². The summed E-state index contributed by atoms with van der Waals surface area (Å²) < 4.78 is 0. The second-order valence-electron chi connectivity index (χ2n) is 5.27. The van der Waals surface area contributed by atoms with E-state index in [2.05, 4.69) is 10.6 Å². The van der Waals surface area contributed by atoms with Crippen LogP contribution >= 0.6 is 24.0 Å². The fourth-order valence-corrected chi connectivity index (χ4v) is 2.52. The Kier molecular flexibility index (Phi) is 7.65. The topological polar surface area (TPSA) is 84.2 Å². The quantitative estimate of drug-likeness (QED) is 0.734. The normalized spacial score (nSPS) is 15.2. The number of hydrogen-bond donors (Lipinski definition) is 3. The van der Waals surface area contributed by atoms with Crippen LogP contribution in [0.25, 0.3) is 0 Å². The minimum atomic E-state index is -0.336. The molecule has 7 heteroatoms. The lowest BCUT2D eigenvalue weighted by Crippen LogP contribution is -2.43. The minimum Gasteiger partial charge on any atom is -0.347 e. The van der Waals surface area contributed by atoms with Crippen molar-refractivity contribution in [2.45, 2.75) is 25.3 Å². The molecule has 1 aliphatic carbocycles. The molecule has 0 bridgehead atoms. The lowest BCUT2D eigenvalue weighted by atomic mass is 9.77. The van der Waals surface area contributed by atoms with Gasteiger partial charge in [-0.2, -0.15) is 0 Å². The van der Waals surface area contributed by atoms with Crippen molar-refractivity contribution in [1.82, 2.24) is 10.6 Å². The van der Waals surface area contributed by atoms with Crippen LogP contribution in [0.2, 0.25) is 5.02 Å². The van der Waals surface area contributed by atoms with Gasteiger partial charge < -0.3 is 16.4 Å². The van der Waals surface area contributed by atoms with Crippen LogP contribution in [0.3, 0.4) is 0 Å². The molecule has 1 aromatic carbocycles. The van der Waals surface area contributed by atoms with Crippen LogP contribution in [-0.2, 0) is 9.59 Å². The van der Waals surface area contributed by atoms with Gasteiger partial charge in [0.2, 0.25) is 11.8 Å². The second kappa shape index (κ2) is 8.98. The zero-order valence-corrected chi connectivity index (χ0v) is 13.8. The minimum absolute atomic E-state index is 0. The third-order valence-electron chi connectivity index (χ3n) is 3.80. The summed E-state index contributed by atoms with van der Waals surface area (Å²) in [5, 5.41) is 6.15. The molecule has 2 rings (SSSR count). The molecule has 22 heavy (non-hydrogen) atoms. The molecule has 2 amide bonds. The van der Waals surface area contributed by atoms with Crippen molar-refractivity contribution in [3.05, 3.63) is 34.9 Å². The predicted molar refractivity (Wildman–Crippen MR) is 89.0 cm³/mol. The average molecular weight is 346 g/mol. The van der Waals surface area contributed by atoms with Crippen molar-refractivity contribution >= 4 is 35.8 Å². The molecule has 0 radical (unpaired) electrons. The predicted octanol–water partition coefficient (Wildman–Crippen LogP) is 1.79. The molecule has 122 valence electrons. The summed E-state index contributed by atoms with van der Waals surface area (Å²) in [5.74, 6) is -0.0965. The van der Waals surface area contributed by atoms with E-state index in [1.54, 1.807) is 0 Å². The Bertz CT molecular complexity index is 504. The molecule has 0 aromatic heterocycles. The van der Waals surface area contributed by atoms with E-state index >= 15 is 0 Å². The highest BCUT2D eigenvalue weighted by atomic mass is 35.5. The van der Waals surface area contributed by atoms with Gasteiger partial charge in [0.05, 0.1) is 19.1 Å². The summed E-state index contributed by atoms with van der Waals surface area (Å²) in [5.41, 5.74) is 6.23. The van der Waals surface area contributed by atoms with Crippen molar-refractivity contribution in [2.75, 3.05) is 13.1 Å². The third-order valence-corrected chi connectivity index (χ3v) is 4.05. The average Bonchev–Trinajstić information content (AvgIpc) is 2.43. The van der Waals surface area contributed by atoms with Gasteiger partial charge in [0.15, 0.2) is 0 Å². The van der Waals surface area contributed by atoms with Crippen molar-refractivity contribution in [1.29, 1.82) is 0 Å². The molecule has 1 atom stereocenters. The highest BCUT2D eigenvalue weighted by molar-refractivity contribution is 6.30. The summed E-state index contributed by atoms with van der Waals surface area (Å²) in [6.45, 7) is -0.163. The molecule has 1 saturated carbocycles. The van der Waals surface area contributed by atoms with Crippen molar-refractivity contribution in [3.8, 4) is 0 Å². The van der Waals surface area contributed by atoms with Gasteiger partial charge in [-0.05, 0) is 36.5 Å². The van der Waals surface area contributed by atoms with Gasteiger partial charge in [-0.1, -0.05) is 30.2 Å². The van der Waals surface area contributed by atoms with E-state index in [0.717, 1.165) is 18.4 Å². The van der Waals surface area contributed by atoms with E-state index in [1.165, 1.54) is 6.42 Å². The molecule has 0 aliphatic heterocycles. The van der Waals surface area contributed by atoms with Crippen LogP contribution in [0.15, 0.2) is 24.3 Å². The number of benzene rings is 1. The third kappa shape index (κ3) is 5.16. The van der Waals surface area contributed by atoms with Crippen molar-refractivity contribution < 1.29 is 9.59 Å². The fourth-order valence-electron chi connectivity index (χ4n) is 2.39. The SMILES string of the molecule is Cl.NCC(=O)NCC(=O)NC(c1ccc(Cl)cc1)C1CCC1. The molecule has 0 heterocycles. The van der Waals surface area contributed by atoms with E-state index in [1.807, 2.05) is 24.3 Å².